The molecule has 0 spiro atoms. The van der Waals surface area contributed by atoms with Crippen molar-refractivity contribution in [3.8, 4) is 0 Å². The van der Waals surface area contributed by atoms with Gasteiger partial charge in [0.05, 0.1) is 35.3 Å². The van der Waals surface area contributed by atoms with E-state index in [1.165, 1.54) is 15.2 Å². The molecular formula is C24H27N5OS2. The third-order valence-corrected chi connectivity index (χ3v) is 7.77. The van der Waals surface area contributed by atoms with Crippen LogP contribution in [0.1, 0.15) is 29.5 Å². The van der Waals surface area contributed by atoms with E-state index in [2.05, 4.69) is 64.6 Å². The van der Waals surface area contributed by atoms with E-state index in [1.807, 2.05) is 17.8 Å². The van der Waals surface area contributed by atoms with E-state index in [0.717, 1.165) is 48.8 Å². The summed E-state index contributed by atoms with van der Waals surface area (Å²) in [6, 6.07) is 17.1. The lowest BCUT2D eigenvalue weighted by molar-refractivity contribution is -0.0235. The highest BCUT2D eigenvalue weighted by Crippen LogP contribution is 2.36. The van der Waals surface area contributed by atoms with Gasteiger partial charge in [-0.2, -0.15) is 15.0 Å². The summed E-state index contributed by atoms with van der Waals surface area (Å²) in [4.78, 5) is 10.3. The summed E-state index contributed by atoms with van der Waals surface area (Å²) in [6.07, 6.45) is 5.66. The second-order valence-corrected chi connectivity index (χ2v) is 10.3. The number of ether oxygens (including phenoxy) is 1. The fraction of sp³-hybridized carbons (Fsp3) is 0.375. The standard InChI is InChI=1S/C24H27N5OS2/c1-28-13-9-19(10-14-28)30-23(24-27-21-7-2-3-8-22(21)32-24)18-5-4-6-20(17-18)31-16-15-29-25-11-12-26-29/h2-8,11-12,17,19,23H,9-10,13-16H2,1H3. The van der Waals surface area contributed by atoms with Gasteiger partial charge in [-0.1, -0.05) is 24.3 Å². The first kappa shape index (κ1) is 21.6. The van der Waals surface area contributed by atoms with E-state index in [0.29, 0.717) is 0 Å². The van der Waals surface area contributed by atoms with Crippen LogP contribution in [0.4, 0.5) is 0 Å². The Hall–Kier alpha value is -2.26. The second-order valence-electron chi connectivity index (χ2n) is 8.08. The molecule has 1 fully saturated rings. The zero-order valence-corrected chi connectivity index (χ0v) is 19.8. The molecule has 5 rings (SSSR count). The topological polar surface area (TPSA) is 56.1 Å². The highest BCUT2D eigenvalue weighted by atomic mass is 32.2. The monoisotopic (exact) mass is 465 g/mol. The highest BCUT2D eigenvalue weighted by Gasteiger charge is 2.26. The third-order valence-electron chi connectivity index (χ3n) is 5.72. The molecule has 1 unspecified atom stereocenters. The molecule has 1 saturated heterocycles. The minimum atomic E-state index is -0.144. The van der Waals surface area contributed by atoms with Gasteiger partial charge in [-0.25, -0.2) is 4.98 Å². The number of benzene rings is 2. The van der Waals surface area contributed by atoms with Crippen LogP contribution in [0, 0.1) is 0 Å². The number of hydrogen-bond donors (Lipinski definition) is 0. The number of rotatable bonds is 8. The van der Waals surface area contributed by atoms with Gasteiger partial charge in [0.15, 0.2) is 0 Å². The number of thioether (sulfide) groups is 1. The summed E-state index contributed by atoms with van der Waals surface area (Å²) in [6.45, 7) is 2.94. The van der Waals surface area contributed by atoms with E-state index in [9.17, 15) is 0 Å². The molecule has 3 heterocycles. The van der Waals surface area contributed by atoms with Gasteiger partial charge < -0.3 is 9.64 Å². The average molecular weight is 466 g/mol. The lowest BCUT2D eigenvalue weighted by atomic mass is 10.1. The normalized spacial score (nSPS) is 16.5. The van der Waals surface area contributed by atoms with Gasteiger partial charge >= 0.3 is 0 Å². The predicted molar refractivity (Wildman–Crippen MR) is 130 cm³/mol. The van der Waals surface area contributed by atoms with Crippen molar-refractivity contribution in [2.24, 2.45) is 0 Å². The number of aromatic nitrogens is 4. The first-order chi connectivity index (χ1) is 15.7. The molecule has 0 radical (unpaired) electrons. The molecule has 6 nitrogen and oxygen atoms in total. The van der Waals surface area contributed by atoms with Crippen molar-refractivity contribution in [2.45, 2.75) is 36.5 Å². The van der Waals surface area contributed by atoms with Gasteiger partial charge in [0.1, 0.15) is 11.1 Å². The van der Waals surface area contributed by atoms with Crippen molar-refractivity contribution in [3.63, 3.8) is 0 Å². The Labute approximate surface area is 196 Å². The van der Waals surface area contributed by atoms with E-state index < -0.39 is 0 Å². The number of nitrogens with zero attached hydrogens (tertiary/aromatic N) is 5. The number of fused-ring (bicyclic) bond motifs is 1. The van der Waals surface area contributed by atoms with E-state index >= 15 is 0 Å². The van der Waals surface area contributed by atoms with Crippen molar-refractivity contribution in [2.75, 3.05) is 25.9 Å². The van der Waals surface area contributed by atoms with E-state index in [4.69, 9.17) is 9.72 Å². The molecule has 2 aromatic heterocycles. The molecule has 2 aromatic carbocycles. The molecule has 1 atom stereocenters. The molecule has 166 valence electrons. The summed E-state index contributed by atoms with van der Waals surface area (Å²) in [5, 5.41) is 9.41. The number of hydrogen-bond acceptors (Lipinski definition) is 7. The molecule has 4 aromatic rings. The SMILES string of the molecule is CN1CCC(OC(c2cccc(SCCn3nccn3)c2)c2nc3ccccc3s2)CC1. The van der Waals surface area contributed by atoms with Crippen LogP contribution in [-0.4, -0.2) is 56.9 Å². The number of piperidine rings is 1. The Morgan fingerprint density at radius 3 is 2.72 bits per heavy atom. The fourth-order valence-electron chi connectivity index (χ4n) is 3.97. The summed E-state index contributed by atoms with van der Waals surface area (Å²) >= 11 is 3.55. The number of para-hydroxylation sites is 1. The van der Waals surface area contributed by atoms with Crippen LogP contribution in [0.5, 0.6) is 0 Å². The first-order valence-corrected chi connectivity index (χ1v) is 12.8. The first-order valence-electron chi connectivity index (χ1n) is 11.0. The zero-order chi connectivity index (χ0) is 21.8. The summed E-state index contributed by atoms with van der Waals surface area (Å²) < 4.78 is 7.95. The van der Waals surface area contributed by atoms with Crippen molar-refractivity contribution < 1.29 is 4.74 Å². The Morgan fingerprint density at radius 1 is 1.09 bits per heavy atom. The molecule has 1 aliphatic heterocycles. The summed E-state index contributed by atoms with van der Waals surface area (Å²) in [5.74, 6) is 0.916. The van der Waals surface area contributed by atoms with Crippen molar-refractivity contribution >= 4 is 33.3 Å². The van der Waals surface area contributed by atoms with Gasteiger partial charge in [0.2, 0.25) is 0 Å². The van der Waals surface area contributed by atoms with Crippen molar-refractivity contribution in [3.05, 3.63) is 71.5 Å². The number of thiazole rings is 1. The second kappa shape index (κ2) is 10.1. The highest BCUT2D eigenvalue weighted by molar-refractivity contribution is 7.99. The Kier molecular flexibility index (Phi) is 6.83. The molecule has 1 aliphatic rings. The maximum Gasteiger partial charge on any atom is 0.134 e. The molecule has 0 N–H and O–H groups in total. The van der Waals surface area contributed by atoms with Crippen molar-refractivity contribution in [1.82, 2.24) is 24.9 Å². The van der Waals surface area contributed by atoms with Gasteiger partial charge in [0.25, 0.3) is 0 Å². The van der Waals surface area contributed by atoms with Crippen molar-refractivity contribution in [1.29, 1.82) is 0 Å². The van der Waals surface area contributed by atoms with Crippen LogP contribution < -0.4 is 0 Å². The van der Waals surface area contributed by atoms with Crippen LogP contribution in [0.3, 0.4) is 0 Å². The van der Waals surface area contributed by atoms with Gasteiger partial charge in [-0.15, -0.1) is 23.1 Å². The van der Waals surface area contributed by atoms with Crippen LogP contribution in [-0.2, 0) is 11.3 Å². The Balaban J connectivity index is 1.37. The molecule has 0 amide bonds. The predicted octanol–water partition coefficient (Wildman–Crippen LogP) is 4.88. The zero-order valence-electron chi connectivity index (χ0n) is 18.1. The van der Waals surface area contributed by atoms with E-state index in [1.54, 1.807) is 28.5 Å². The molecule has 0 saturated carbocycles. The molecule has 32 heavy (non-hydrogen) atoms. The average Bonchev–Trinajstić information content (AvgIpc) is 3.49. The van der Waals surface area contributed by atoms with Crippen LogP contribution >= 0.6 is 23.1 Å². The summed E-state index contributed by atoms with van der Waals surface area (Å²) in [7, 11) is 2.18. The van der Waals surface area contributed by atoms with E-state index in [-0.39, 0.29) is 12.2 Å². The lowest BCUT2D eigenvalue weighted by Crippen LogP contribution is -2.35. The lowest BCUT2D eigenvalue weighted by Gasteiger charge is -2.31. The van der Waals surface area contributed by atoms with Crippen LogP contribution in [0.2, 0.25) is 0 Å². The maximum absolute atomic E-state index is 6.75. The summed E-state index contributed by atoms with van der Waals surface area (Å²) in [5.41, 5.74) is 2.21. The number of aryl methyl sites for hydroxylation is 1. The quantitative estimate of drug-likeness (QED) is 0.346. The van der Waals surface area contributed by atoms with Crippen LogP contribution in [0.15, 0.2) is 65.8 Å². The molecule has 8 heteroatoms. The maximum atomic E-state index is 6.75. The minimum absolute atomic E-state index is 0.144. The Morgan fingerprint density at radius 2 is 1.91 bits per heavy atom. The minimum Gasteiger partial charge on any atom is -0.363 e. The molecular weight excluding hydrogens is 438 g/mol. The smallest absolute Gasteiger partial charge is 0.134 e. The van der Waals surface area contributed by atoms with Gasteiger partial charge in [-0.05, 0) is 49.7 Å². The molecule has 0 bridgehead atoms. The Bertz CT molecular complexity index is 1110. The van der Waals surface area contributed by atoms with Crippen LogP contribution in [0.25, 0.3) is 10.2 Å². The number of likely N-dealkylation sites (tertiary alicyclic amines) is 1. The third kappa shape index (κ3) is 5.20. The fourth-order valence-corrected chi connectivity index (χ4v) is 5.88. The van der Waals surface area contributed by atoms with Gasteiger partial charge in [0, 0.05) is 23.7 Å². The molecule has 0 aliphatic carbocycles. The van der Waals surface area contributed by atoms with Gasteiger partial charge in [-0.3, -0.25) is 0 Å². The largest absolute Gasteiger partial charge is 0.363 e.